The zero-order chi connectivity index (χ0) is 17.8. The first-order chi connectivity index (χ1) is 12.0. The van der Waals surface area contributed by atoms with Gasteiger partial charge in [-0.05, 0) is 49.3 Å². The number of aryl methyl sites for hydroxylation is 2. The van der Waals surface area contributed by atoms with Gasteiger partial charge in [0.05, 0.1) is 18.4 Å². The summed E-state index contributed by atoms with van der Waals surface area (Å²) in [6.07, 6.45) is 3.64. The number of thiocarbonyl (C=S) groups is 1. The van der Waals surface area contributed by atoms with E-state index in [-0.39, 0.29) is 0 Å². The van der Waals surface area contributed by atoms with Gasteiger partial charge >= 0.3 is 0 Å². The van der Waals surface area contributed by atoms with E-state index in [0.29, 0.717) is 11.7 Å². The smallest absolute Gasteiger partial charge is 0.175 e. The number of hydrogen-bond donors (Lipinski definition) is 2. The second kappa shape index (κ2) is 7.68. The normalized spacial score (nSPS) is 10.5. The summed E-state index contributed by atoms with van der Waals surface area (Å²) in [5.41, 5.74) is 5.22. The maximum Gasteiger partial charge on any atom is 0.175 e. The fourth-order valence-electron chi connectivity index (χ4n) is 2.55. The van der Waals surface area contributed by atoms with Crippen LogP contribution in [0.2, 0.25) is 5.02 Å². The van der Waals surface area contributed by atoms with E-state index in [2.05, 4.69) is 41.7 Å². The molecule has 6 heteroatoms. The number of anilines is 2. The average molecular weight is 371 g/mol. The van der Waals surface area contributed by atoms with Crippen LogP contribution < -0.4 is 10.6 Å². The Morgan fingerprint density at radius 2 is 1.96 bits per heavy atom. The quantitative estimate of drug-likeness (QED) is 0.633. The van der Waals surface area contributed by atoms with Crippen molar-refractivity contribution in [2.24, 2.45) is 0 Å². The molecule has 0 atom stereocenters. The first kappa shape index (κ1) is 17.5. The molecule has 4 nitrogen and oxygen atoms in total. The SMILES string of the molecule is Cc1ccc(NC(=S)Nc2cnn(Cc3ccccc3Cl)c2)c(C)c1. The number of aromatic nitrogens is 2. The maximum atomic E-state index is 6.19. The standard InChI is InChI=1S/C19H19ClN4S/c1-13-7-8-18(14(2)9-13)23-19(25)22-16-10-21-24(12-16)11-15-5-3-4-6-17(15)20/h3-10,12H,11H2,1-2H3,(H2,22,23,25). The summed E-state index contributed by atoms with van der Waals surface area (Å²) in [6, 6.07) is 13.9. The predicted octanol–water partition coefficient (Wildman–Crippen LogP) is 5.01. The third-order valence-electron chi connectivity index (χ3n) is 3.81. The minimum atomic E-state index is 0.532. The highest BCUT2D eigenvalue weighted by Crippen LogP contribution is 2.18. The molecule has 0 saturated carbocycles. The zero-order valence-corrected chi connectivity index (χ0v) is 15.7. The Kier molecular flexibility index (Phi) is 5.36. The van der Waals surface area contributed by atoms with E-state index in [1.54, 1.807) is 6.20 Å². The molecule has 1 heterocycles. The minimum absolute atomic E-state index is 0.532. The molecule has 0 amide bonds. The maximum absolute atomic E-state index is 6.19. The monoisotopic (exact) mass is 370 g/mol. The Balaban J connectivity index is 1.63. The minimum Gasteiger partial charge on any atom is -0.332 e. The summed E-state index contributed by atoms with van der Waals surface area (Å²) in [4.78, 5) is 0. The summed E-state index contributed by atoms with van der Waals surface area (Å²) < 4.78 is 1.82. The second-order valence-electron chi connectivity index (χ2n) is 5.92. The number of nitrogens with one attached hydrogen (secondary N) is 2. The van der Waals surface area contributed by atoms with Crippen molar-refractivity contribution in [2.45, 2.75) is 20.4 Å². The van der Waals surface area contributed by atoms with Crippen LogP contribution in [-0.2, 0) is 6.54 Å². The van der Waals surface area contributed by atoms with Gasteiger partial charge in [-0.25, -0.2) is 0 Å². The lowest BCUT2D eigenvalue weighted by Crippen LogP contribution is -2.19. The van der Waals surface area contributed by atoms with Crippen molar-refractivity contribution in [2.75, 3.05) is 10.6 Å². The van der Waals surface area contributed by atoms with Crippen molar-refractivity contribution in [1.29, 1.82) is 0 Å². The van der Waals surface area contributed by atoms with Gasteiger partial charge < -0.3 is 10.6 Å². The van der Waals surface area contributed by atoms with E-state index in [1.807, 2.05) is 41.2 Å². The van der Waals surface area contributed by atoms with Crippen LogP contribution in [0.15, 0.2) is 54.9 Å². The Hall–Kier alpha value is -2.37. The molecule has 2 aromatic carbocycles. The van der Waals surface area contributed by atoms with Crippen LogP contribution in [0.25, 0.3) is 0 Å². The molecule has 2 N–H and O–H groups in total. The Morgan fingerprint density at radius 1 is 1.16 bits per heavy atom. The first-order valence-corrected chi connectivity index (χ1v) is 8.71. The van der Waals surface area contributed by atoms with Gasteiger partial charge in [0, 0.05) is 16.9 Å². The van der Waals surface area contributed by atoms with Crippen LogP contribution >= 0.6 is 23.8 Å². The summed E-state index contributed by atoms with van der Waals surface area (Å²) in [7, 11) is 0. The average Bonchev–Trinajstić information content (AvgIpc) is 2.99. The highest BCUT2D eigenvalue weighted by molar-refractivity contribution is 7.80. The molecule has 0 saturated heterocycles. The van der Waals surface area contributed by atoms with Crippen LogP contribution in [0.1, 0.15) is 16.7 Å². The second-order valence-corrected chi connectivity index (χ2v) is 6.73. The summed E-state index contributed by atoms with van der Waals surface area (Å²) >= 11 is 11.6. The molecule has 0 radical (unpaired) electrons. The van der Waals surface area contributed by atoms with Crippen molar-refractivity contribution in [3.8, 4) is 0 Å². The van der Waals surface area contributed by atoms with Crippen LogP contribution in [0.3, 0.4) is 0 Å². The van der Waals surface area contributed by atoms with E-state index in [1.165, 1.54) is 5.56 Å². The van der Waals surface area contributed by atoms with Gasteiger partial charge in [0.15, 0.2) is 5.11 Å². The number of rotatable bonds is 4. The molecule has 25 heavy (non-hydrogen) atoms. The Morgan fingerprint density at radius 3 is 2.72 bits per heavy atom. The first-order valence-electron chi connectivity index (χ1n) is 7.92. The lowest BCUT2D eigenvalue weighted by Gasteiger charge is -2.11. The fourth-order valence-corrected chi connectivity index (χ4v) is 2.98. The largest absolute Gasteiger partial charge is 0.332 e. The molecule has 0 aliphatic rings. The van der Waals surface area contributed by atoms with Crippen molar-refractivity contribution in [3.63, 3.8) is 0 Å². The summed E-state index contributed by atoms with van der Waals surface area (Å²) in [5, 5.41) is 12.0. The molecular formula is C19H19ClN4S. The van der Waals surface area contributed by atoms with Gasteiger partial charge in [-0.15, -0.1) is 0 Å². The number of benzene rings is 2. The molecule has 1 aromatic heterocycles. The van der Waals surface area contributed by atoms with Crippen LogP contribution in [0.5, 0.6) is 0 Å². The fraction of sp³-hybridized carbons (Fsp3) is 0.158. The van der Waals surface area contributed by atoms with Crippen molar-refractivity contribution in [1.82, 2.24) is 9.78 Å². The van der Waals surface area contributed by atoms with Crippen molar-refractivity contribution >= 4 is 40.3 Å². The zero-order valence-electron chi connectivity index (χ0n) is 14.1. The van der Waals surface area contributed by atoms with Crippen molar-refractivity contribution in [3.05, 3.63) is 76.6 Å². The van der Waals surface area contributed by atoms with Crippen LogP contribution in [0, 0.1) is 13.8 Å². The molecule has 3 aromatic rings. The topological polar surface area (TPSA) is 41.9 Å². The lowest BCUT2D eigenvalue weighted by atomic mass is 10.1. The highest BCUT2D eigenvalue weighted by Gasteiger charge is 2.06. The molecule has 0 aliphatic heterocycles. The van der Waals surface area contributed by atoms with E-state index in [0.717, 1.165) is 27.5 Å². The van der Waals surface area contributed by atoms with E-state index in [9.17, 15) is 0 Å². The molecule has 0 aliphatic carbocycles. The third-order valence-corrected chi connectivity index (χ3v) is 4.38. The highest BCUT2D eigenvalue weighted by atomic mass is 35.5. The van der Waals surface area contributed by atoms with Gasteiger partial charge in [-0.3, -0.25) is 4.68 Å². The van der Waals surface area contributed by atoms with Gasteiger partial charge in [-0.1, -0.05) is 47.5 Å². The molecule has 0 unspecified atom stereocenters. The van der Waals surface area contributed by atoms with Crippen molar-refractivity contribution < 1.29 is 0 Å². The molecular weight excluding hydrogens is 352 g/mol. The number of nitrogens with zero attached hydrogens (tertiary/aromatic N) is 2. The van der Waals surface area contributed by atoms with Crippen LogP contribution in [0.4, 0.5) is 11.4 Å². The molecule has 0 spiro atoms. The van der Waals surface area contributed by atoms with Gasteiger partial charge in [0.1, 0.15) is 0 Å². The molecule has 0 bridgehead atoms. The van der Waals surface area contributed by atoms with E-state index >= 15 is 0 Å². The Bertz CT molecular complexity index is 904. The predicted molar refractivity (Wildman–Crippen MR) is 109 cm³/mol. The third kappa shape index (κ3) is 4.59. The molecule has 0 fully saturated rings. The molecule has 3 rings (SSSR count). The summed E-state index contributed by atoms with van der Waals surface area (Å²) in [5.74, 6) is 0. The van der Waals surface area contributed by atoms with Gasteiger partial charge in [-0.2, -0.15) is 5.10 Å². The van der Waals surface area contributed by atoms with Gasteiger partial charge in [0.25, 0.3) is 0 Å². The van der Waals surface area contributed by atoms with Gasteiger partial charge in [0.2, 0.25) is 0 Å². The summed E-state index contributed by atoms with van der Waals surface area (Å²) in [6.45, 7) is 4.74. The van der Waals surface area contributed by atoms with Crippen LogP contribution in [-0.4, -0.2) is 14.9 Å². The Labute approximate surface area is 157 Å². The number of hydrogen-bond acceptors (Lipinski definition) is 2. The number of halogens is 1. The lowest BCUT2D eigenvalue weighted by molar-refractivity contribution is 0.687. The molecule has 128 valence electrons. The van der Waals surface area contributed by atoms with E-state index < -0.39 is 0 Å². The van der Waals surface area contributed by atoms with E-state index in [4.69, 9.17) is 23.8 Å².